The standard InChI is InChI=1S/C30H22F6O/c1-3-4-17-5-7-18(8-6-17)19-9-12-23(25(32)13-19)29(36)28(35)20-10-11-22(24(31)14-20)21-15-26(33)30(37-2)27(34)16-21/h5-16H,3-4H2,1-2H3/b29-28+. The average Bonchev–Trinajstić information content (AvgIpc) is 2.88. The van der Waals surface area contributed by atoms with Crippen LogP contribution < -0.4 is 4.74 Å². The summed E-state index contributed by atoms with van der Waals surface area (Å²) < 4.78 is 92.0. The zero-order valence-corrected chi connectivity index (χ0v) is 20.0. The predicted molar refractivity (Wildman–Crippen MR) is 133 cm³/mol. The molecule has 0 unspecified atom stereocenters. The Balaban J connectivity index is 1.64. The van der Waals surface area contributed by atoms with E-state index in [2.05, 4.69) is 11.7 Å². The van der Waals surface area contributed by atoms with Gasteiger partial charge in [-0.1, -0.05) is 55.8 Å². The Bertz CT molecular complexity index is 1450. The second kappa shape index (κ2) is 10.9. The summed E-state index contributed by atoms with van der Waals surface area (Å²) in [6.07, 6.45) is 1.91. The molecular formula is C30H22F6O. The Kier molecular flexibility index (Phi) is 7.71. The Morgan fingerprint density at radius 1 is 0.649 bits per heavy atom. The lowest BCUT2D eigenvalue weighted by Gasteiger charge is -2.10. The third-order valence-corrected chi connectivity index (χ3v) is 5.96. The number of hydrogen-bond acceptors (Lipinski definition) is 1. The van der Waals surface area contributed by atoms with E-state index in [0.29, 0.717) is 11.6 Å². The van der Waals surface area contributed by atoms with Gasteiger partial charge in [-0.3, -0.25) is 0 Å². The van der Waals surface area contributed by atoms with Crippen LogP contribution in [-0.2, 0) is 6.42 Å². The van der Waals surface area contributed by atoms with Gasteiger partial charge in [0.15, 0.2) is 29.0 Å². The van der Waals surface area contributed by atoms with Crippen molar-refractivity contribution in [3.05, 3.63) is 113 Å². The summed E-state index contributed by atoms with van der Waals surface area (Å²) in [7, 11) is 1.08. The molecule has 0 aromatic heterocycles. The first-order chi connectivity index (χ1) is 17.7. The number of methoxy groups -OCH3 is 1. The molecule has 0 atom stereocenters. The largest absolute Gasteiger partial charge is 0.491 e. The minimum Gasteiger partial charge on any atom is -0.491 e. The van der Waals surface area contributed by atoms with Crippen molar-refractivity contribution in [1.29, 1.82) is 0 Å². The highest BCUT2D eigenvalue weighted by Crippen LogP contribution is 2.35. The van der Waals surface area contributed by atoms with Gasteiger partial charge in [0.1, 0.15) is 11.6 Å². The lowest BCUT2D eigenvalue weighted by atomic mass is 9.99. The van der Waals surface area contributed by atoms with Crippen LogP contribution in [0.15, 0.2) is 72.8 Å². The maximum absolute atomic E-state index is 14.9. The maximum atomic E-state index is 14.9. The Hall–Kier alpha value is -4.00. The molecule has 0 aliphatic rings. The molecule has 0 fully saturated rings. The molecule has 0 heterocycles. The molecule has 0 radical (unpaired) electrons. The third kappa shape index (κ3) is 5.40. The Morgan fingerprint density at radius 3 is 1.84 bits per heavy atom. The molecule has 0 N–H and O–H groups in total. The van der Waals surface area contributed by atoms with E-state index >= 15 is 0 Å². The fourth-order valence-electron chi connectivity index (χ4n) is 4.07. The third-order valence-electron chi connectivity index (χ3n) is 5.96. The van der Waals surface area contributed by atoms with E-state index in [-0.39, 0.29) is 11.1 Å². The van der Waals surface area contributed by atoms with Crippen molar-refractivity contribution < 1.29 is 31.1 Å². The van der Waals surface area contributed by atoms with Crippen molar-refractivity contribution in [3.63, 3.8) is 0 Å². The van der Waals surface area contributed by atoms with Crippen molar-refractivity contribution >= 4 is 11.7 Å². The minimum absolute atomic E-state index is 0.158. The van der Waals surface area contributed by atoms with Gasteiger partial charge in [-0.05, 0) is 59.0 Å². The first-order valence-electron chi connectivity index (χ1n) is 11.5. The average molecular weight is 512 g/mol. The number of ether oxygens (including phenoxy) is 1. The van der Waals surface area contributed by atoms with Crippen molar-refractivity contribution in [1.82, 2.24) is 0 Å². The smallest absolute Gasteiger partial charge is 0.190 e. The molecular weight excluding hydrogens is 490 g/mol. The summed E-state index contributed by atoms with van der Waals surface area (Å²) >= 11 is 0. The van der Waals surface area contributed by atoms with E-state index in [1.165, 1.54) is 6.07 Å². The SMILES string of the molecule is CCCc1ccc(-c2ccc(/C(F)=C(\F)c3ccc(-c4cc(F)c(OC)c(F)c4)c(F)c3)c(F)c2)cc1. The molecule has 4 rings (SSSR count). The minimum atomic E-state index is -1.50. The molecule has 37 heavy (non-hydrogen) atoms. The molecule has 0 aliphatic heterocycles. The summed E-state index contributed by atoms with van der Waals surface area (Å²) in [6.45, 7) is 2.06. The fourth-order valence-corrected chi connectivity index (χ4v) is 4.07. The van der Waals surface area contributed by atoms with Crippen molar-refractivity contribution in [2.45, 2.75) is 19.8 Å². The van der Waals surface area contributed by atoms with Crippen LogP contribution in [0, 0.1) is 23.3 Å². The first kappa shape index (κ1) is 26.1. The number of rotatable bonds is 7. The number of benzene rings is 4. The summed E-state index contributed by atoms with van der Waals surface area (Å²) in [5.41, 5.74) is 0.841. The van der Waals surface area contributed by atoms with Crippen LogP contribution in [0.2, 0.25) is 0 Å². The molecule has 0 spiro atoms. The van der Waals surface area contributed by atoms with Gasteiger partial charge in [0.25, 0.3) is 0 Å². The molecule has 190 valence electrons. The Morgan fingerprint density at radius 2 is 1.27 bits per heavy atom. The molecule has 0 saturated heterocycles. The zero-order chi connectivity index (χ0) is 26.7. The van der Waals surface area contributed by atoms with Crippen molar-refractivity contribution in [2.75, 3.05) is 7.11 Å². The van der Waals surface area contributed by atoms with E-state index < -0.39 is 51.8 Å². The summed E-state index contributed by atoms with van der Waals surface area (Å²) in [6, 6.07) is 15.7. The second-order valence-corrected chi connectivity index (χ2v) is 8.44. The zero-order valence-electron chi connectivity index (χ0n) is 20.0. The summed E-state index contributed by atoms with van der Waals surface area (Å²) in [5, 5.41) is 0. The van der Waals surface area contributed by atoms with Crippen molar-refractivity contribution in [3.8, 4) is 28.0 Å². The van der Waals surface area contributed by atoms with Crippen LogP contribution in [0.25, 0.3) is 33.9 Å². The highest BCUT2D eigenvalue weighted by atomic mass is 19.2. The number of hydrogen-bond donors (Lipinski definition) is 0. The highest BCUT2D eigenvalue weighted by molar-refractivity contribution is 5.84. The molecule has 7 heteroatoms. The van der Waals surface area contributed by atoms with Gasteiger partial charge in [-0.25, -0.2) is 26.3 Å². The first-order valence-corrected chi connectivity index (χ1v) is 11.5. The van der Waals surface area contributed by atoms with Gasteiger partial charge in [-0.15, -0.1) is 0 Å². The highest BCUT2D eigenvalue weighted by Gasteiger charge is 2.19. The normalized spacial score (nSPS) is 11.9. The van der Waals surface area contributed by atoms with Gasteiger partial charge >= 0.3 is 0 Å². The Labute approximate surface area is 210 Å². The lowest BCUT2D eigenvalue weighted by Crippen LogP contribution is -1.95. The second-order valence-electron chi connectivity index (χ2n) is 8.44. The molecule has 0 saturated carbocycles. The number of halogens is 6. The topological polar surface area (TPSA) is 9.23 Å². The summed E-state index contributed by atoms with van der Waals surface area (Å²) in [4.78, 5) is 0. The maximum Gasteiger partial charge on any atom is 0.190 e. The van der Waals surface area contributed by atoms with Gasteiger partial charge in [0.05, 0.1) is 7.11 Å². The summed E-state index contributed by atoms with van der Waals surface area (Å²) in [5.74, 6) is -7.74. The van der Waals surface area contributed by atoms with E-state index in [1.807, 2.05) is 24.3 Å². The fraction of sp³-hybridized carbons (Fsp3) is 0.133. The van der Waals surface area contributed by atoms with Crippen molar-refractivity contribution in [2.24, 2.45) is 0 Å². The van der Waals surface area contributed by atoms with E-state index in [0.717, 1.165) is 67.5 Å². The van der Waals surface area contributed by atoms with Gasteiger partial charge in [0, 0.05) is 16.7 Å². The van der Waals surface area contributed by atoms with Crippen LogP contribution in [0.4, 0.5) is 26.3 Å². The molecule has 1 nitrogen and oxygen atoms in total. The van der Waals surface area contributed by atoms with Crippen LogP contribution >= 0.6 is 0 Å². The quantitative estimate of drug-likeness (QED) is 0.177. The monoisotopic (exact) mass is 512 g/mol. The molecule has 0 bridgehead atoms. The lowest BCUT2D eigenvalue weighted by molar-refractivity contribution is 0.360. The van der Waals surface area contributed by atoms with Crippen LogP contribution in [0.3, 0.4) is 0 Å². The van der Waals surface area contributed by atoms with Gasteiger partial charge in [0.2, 0.25) is 0 Å². The van der Waals surface area contributed by atoms with Crippen LogP contribution in [0.5, 0.6) is 5.75 Å². The van der Waals surface area contributed by atoms with Crippen LogP contribution in [-0.4, -0.2) is 7.11 Å². The van der Waals surface area contributed by atoms with E-state index in [9.17, 15) is 26.3 Å². The van der Waals surface area contributed by atoms with Gasteiger partial charge < -0.3 is 4.74 Å². The van der Waals surface area contributed by atoms with Gasteiger partial charge in [-0.2, -0.15) is 0 Å². The van der Waals surface area contributed by atoms with E-state index in [1.54, 1.807) is 0 Å². The predicted octanol–water partition coefficient (Wildman–Crippen LogP) is 9.30. The van der Waals surface area contributed by atoms with E-state index in [4.69, 9.17) is 0 Å². The number of aryl methyl sites for hydroxylation is 1. The molecule has 0 amide bonds. The molecule has 4 aromatic carbocycles. The van der Waals surface area contributed by atoms with Crippen LogP contribution in [0.1, 0.15) is 30.0 Å². The molecule has 4 aromatic rings. The molecule has 0 aliphatic carbocycles.